The van der Waals surface area contributed by atoms with E-state index in [0.29, 0.717) is 12.7 Å². The number of amides is 1. The van der Waals surface area contributed by atoms with Crippen LogP contribution in [0.15, 0.2) is 18.3 Å². The number of nitrogens with zero attached hydrogens (tertiary/aromatic N) is 2. The summed E-state index contributed by atoms with van der Waals surface area (Å²) in [5, 5.41) is 11.6. The highest BCUT2D eigenvalue weighted by Crippen LogP contribution is 2.32. The van der Waals surface area contributed by atoms with E-state index in [-0.39, 0.29) is 5.69 Å². The van der Waals surface area contributed by atoms with E-state index in [1.54, 1.807) is 12.1 Å². The van der Waals surface area contributed by atoms with E-state index in [1.807, 2.05) is 18.7 Å². The third kappa shape index (κ3) is 4.59. The van der Waals surface area contributed by atoms with Gasteiger partial charge in [0.2, 0.25) is 5.91 Å². The number of anilines is 2. The topological polar surface area (TPSA) is 65.5 Å². The van der Waals surface area contributed by atoms with Crippen LogP contribution in [0.3, 0.4) is 0 Å². The van der Waals surface area contributed by atoms with E-state index in [9.17, 15) is 23.1 Å². The maximum Gasteiger partial charge on any atom is 0.417 e. The molecule has 0 radical (unpaired) electrons. The molecule has 22 heavy (non-hydrogen) atoms. The minimum atomic E-state index is -4.87. The van der Waals surface area contributed by atoms with Gasteiger partial charge in [0.25, 0.3) is 0 Å². The van der Waals surface area contributed by atoms with Gasteiger partial charge in [-0.1, -0.05) is 0 Å². The van der Waals surface area contributed by atoms with Gasteiger partial charge in [0.15, 0.2) is 5.60 Å². The van der Waals surface area contributed by atoms with Crippen molar-refractivity contribution in [3.63, 3.8) is 0 Å². The summed E-state index contributed by atoms with van der Waals surface area (Å²) in [4.78, 5) is 17.7. The first kappa shape index (κ1) is 18.2. The summed E-state index contributed by atoms with van der Waals surface area (Å²) in [5.74, 6) is -0.218. The van der Waals surface area contributed by atoms with Gasteiger partial charge in [-0.15, -0.1) is 0 Å². The van der Waals surface area contributed by atoms with Gasteiger partial charge >= 0.3 is 6.18 Å². The van der Waals surface area contributed by atoms with Crippen LogP contribution in [0.1, 0.15) is 27.2 Å². The fraction of sp³-hybridized carbons (Fsp3) is 0.571. The number of halogens is 3. The minimum Gasteiger partial charge on any atom is -0.380 e. The number of carbonyl (C=O) groups excluding carboxylic acids is 1. The van der Waals surface area contributed by atoms with E-state index in [0.717, 1.165) is 13.1 Å². The fourth-order valence-corrected chi connectivity index (χ4v) is 1.81. The van der Waals surface area contributed by atoms with Crippen LogP contribution in [0.4, 0.5) is 24.7 Å². The molecule has 0 aliphatic heterocycles. The molecule has 1 rings (SSSR count). The van der Waals surface area contributed by atoms with Gasteiger partial charge in [-0.25, -0.2) is 4.98 Å². The molecule has 1 heterocycles. The van der Waals surface area contributed by atoms with Crippen LogP contribution in [0.5, 0.6) is 0 Å². The van der Waals surface area contributed by atoms with Crippen molar-refractivity contribution in [3.8, 4) is 0 Å². The average Bonchev–Trinajstić information content (AvgIpc) is 2.40. The molecule has 1 atom stereocenters. The van der Waals surface area contributed by atoms with Crippen LogP contribution in [0.25, 0.3) is 0 Å². The van der Waals surface area contributed by atoms with E-state index in [4.69, 9.17) is 0 Å². The minimum absolute atomic E-state index is 0.277. The quantitative estimate of drug-likeness (QED) is 0.846. The third-order valence-electron chi connectivity index (χ3n) is 3.23. The predicted octanol–water partition coefficient (Wildman–Crippen LogP) is 2.57. The van der Waals surface area contributed by atoms with Crippen molar-refractivity contribution in [1.82, 2.24) is 4.98 Å². The number of carbonyl (C=O) groups is 1. The molecule has 0 bridgehead atoms. The molecule has 2 N–H and O–H groups in total. The molecule has 124 valence electrons. The van der Waals surface area contributed by atoms with Gasteiger partial charge in [-0.05, 0) is 32.9 Å². The summed E-state index contributed by atoms with van der Waals surface area (Å²) >= 11 is 0. The molecule has 1 amide bonds. The summed E-state index contributed by atoms with van der Waals surface area (Å²) in [7, 11) is 0. The van der Waals surface area contributed by atoms with Gasteiger partial charge in [0, 0.05) is 13.1 Å². The zero-order valence-corrected chi connectivity index (χ0v) is 12.7. The molecule has 0 saturated heterocycles. The fourth-order valence-electron chi connectivity index (χ4n) is 1.81. The van der Waals surface area contributed by atoms with E-state index in [1.165, 1.54) is 6.20 Å². The summed E-state index contributed by atoms with van der Waals surface area (Å²) in [6, 6.07) is 3.23. The highest BCUT2D eigenvalue weighted by atomic mass is 19.4. The Hall–Kier alpha value is -1.83. The lowest BCUT2D eigenvalue weighted by atomic mass is 10.0. The number of hydrogen-bond acceptors (Lipinski definition) is 4. The lowest BCUT2D eigenvalue weighted by Gasteiger charge is -2.25. The van der Waals surface area contributed by atoms with Crippen molar-refractivity contribution in [3.05, 3.63) is 18.3 Å². The molecule has 0 fully saturated rings. The van der Waals surface area contributed by atoms with Crippen molar-refractivity contribution >= 4 is 17.4 Å². The van der Waals surface area contributed by atoms with Crippen LogP contribution in [-0.2, 0) is 4.79 Å². The number of nitrogens with one attached hydrogen (secondary N) is 1. The zero-order chi connectivity index (χ0) is 17.0. The Kier molecular flexibility index (Phi) is 5.76. The maximum absolute atomic E-state index is 12.5. The lowest BCUT2D eigenvalue weighted by Crippen LogP contribution is -2.44. The van der Waals surface area contributed by atoms with Crippen molar-refractivity contribution in [2.24, 2.45) is 0 Å². The van der Waals surface area contributed by atoms with Crippen LogP contribution in [0, 0.1) is 0 Å². The SMILES string of the molecule is CCN(CC)c1ccc(NC(=O)C[C@](C)(O)C(F)(F)F)cn1. The molecule has 0 spiro atoms. The largest absolute Gasteiger partial charge is 0.417 e. The number of rotatable bonds is 6. The highest BCUT2D eigenvalue weighted by molar-refractivity contribution is 5.91. The van der Waals surface area contributed by atoms with Gasteiger partial charge in [0.05, 0.1) is 18.3 Å². The maximum atomic E-state index is 12.5. The molecule has 1 aromatic rings. The number of pyridine rings is 1. The average molecular weight is 319 g/mol. The Balaban J connectivity index is 2.70. The van der Waals surface area contributed by atoms with Crippen molar-refractivity contribution in [2.75, 3.05) is 23.3 Å². The first-order valence-electron chi connectivity index (χ1n) is 6.90. The van der Waals surface area contributed by atoms with Crippen LogP contribution >= 0.6 is 0 Å². The first-order valence-corrected chi connectivity index (χ1v) is 6.90. The Morgan fingerprint density at radius 1 is 1.32 bits per heavy atom. The predicted molar refractivity (Wildman–Crippen MR) is 77.7 cm³/mol. The van der Waals surface area contributed by atoms with Gasteiger partial charge in [0.1, 0.15) is 5.82 Å². The van der Waals surface area contributed by atoms with Crippen LogP contribution in [-0.4, -0.2) is 40.9 Å². The normalized spacial score (nSPS) is 14.3. The molecule has 0 aliphatic carbocycles. The van der Waals surface area contributed by atoms with Crippen molar-refractivity contribution in [2.45, 2.75) is 39.0 Å². The molecule has 1 aromatic heterocycles. The Morgan fingerprint density at radius 2 is 1.91 bits per heavy atom. The smallest absolute Gasteiger partial charge is 0.380 e. The second-order valence-electron chi connectivity index (χ2n) is 5.07. The van der Waals surface area contributed by atoms with E-state index >= 15 is 0 Å². The highest BCUT2D eigenvalue weighted by Gasteiger charge is 2.50. The first-order chi connectivity index (χ1) is 10.1. The Morgan fingerprint density at radius 3 is 2.32 bits per heavy atom. The van der Waals surface area contributed by atoms with E-state index in [2.05, 4.69) is 10.3 Å². The third-order valence-corrected chi connectivity index (χ3v) is 3.23. The standard InChI is InChI=1S/C14H20F3N3O2/c1-4-20(5-2)11-7-6-10(9-18-11)19-12(21)8-13(3,22)14(15,16)17/h6-7,9,22H,4-5,8H2,1-3H3,(H,19,21)/t13-/m0/s1. The molecule has 5 nitrogen and oxygen atoms in total. The Labute approximate surface area is 127 Å². The van der Waals surface area contributed by atoms with E-state index < -0.39 is 24.1 Å². The molecular weight excluding hydrogens is 299 g/mol. The van der Waals surface area contributed by atoms with Crippen molar-refractivity contribution < 1.29 is 23.1 Å². The lowest BCUT2D eigenvalue weighted by molar-refractivity contribution is -0.252. The number of aromatic nitrogens is 1. The molecule has 8 heteroatoms. The zero-order valence-electron chi connectivity index (χ0n) is 12.7. The number of alkyl halides is 3. The Bertz CT molecular complexity index is 497. The summed E-state index contributed by atoms with van der Waals surface area (Å²) in [6.07, 6.45) is -4.57. The van der Waals surface area contributed by atoms with Gasteiger partial charge in [-0.3, -0.25) is 4.79 Å². The number of aliphatic hydroxyl groups is 1. The second-order valence-corrected chi connectivity index (χ2v) is 5.07. The molecule has 0 aromatic carbocycles. The summed E-state index contributed by atoms with van der Waals surface area (Å²) < 4.78 is 37.5. The van der Waals surface area contributed by atoms with Crippen molar-refractivity contribution in [1.29, 1.82) is 0 Å². The molecule has 0 saturated carbocycles. The van der Waals surface area contributed by atoms with Gasteiger partial charge < -0.3 is 15.3 Å². The number of hydrogen-bond donors (Lipinski definition) is 2. The second kappa shape index (κ2) is 6.95. The molecule has 0 unspecified atom stereocenters. The summed E-state index contributed by atoms with van der Waals surface area (Å²) in [6.45, 7) is 6.04. The molecular formula is C14H20F3N3O2. The monoisotopic (exact) mass is 319 g/mol. The molecule has 0 aliphatic rings. The van der Waals surface area contributed by atoms with Gasteiger partial charge in [-0.2, -0.15) is 13.2 Å². The summed E-state index contributed by atoms with van der Waals surface area (Å²) in [5.41, 5.74) is -2.79. The van der Waals surface area contributed by atoms with Crippen LogP contribution < -0.4 is 10.2 Å². The van der Waals surface area contributed by atoms with Crippen LogP contribution in [0.2, 0.25) is 0 Å².